The first-order chi connectivity index (χ1) is 11.7. The Morgan fingerprint density at radius 2 is 2.04 bits per heavy atom. The molecule has 0 aliphatic rings. The zero-order chi connectivity index (χ0) is 16.8. The van der Waals surface area contributed by atoms with Crippen LogP contribution in [0.3, 0.4) is 0 Å². The van der Waals surface area contributed by atoms with Gasteiger partial charge >= 0.3 is 0 Å². The predicted molar refractivity (Wildman–Crippen MR) is 98.4 cm³/mol. The van der Waals surface area contributed by atoms with Crippen LogP contribution >= 0.6 is 11.3 Å². The number of amides is 1. The molecule has 2 aromatic carbocycles. The van der Waals surface area contributed by atoms with Gasteiger partial charge in [-0.2, -0.15) is 0 Å². The minimum Gasteiger partial charge on any atom is -0.492 e. The van der Waals surface area contributed by atoms with Gasteiger partial charge in [0, 0.05) is 17.8 Å². The van der Waals surface area contributed by atoms with Gasteiger partial charge < -0.3 is 15.8 Å². The number of carbonyl (C=O) groups is 1. The fourth-order valence-electron chi connectivity index (χ4n) is 2.50. The van der Waals surface area contributed by atoms with Crippen molar-refractivity contribution >= 4 is 27.3 Å². The fraction of sp³-hybridized carbons (Fsp3) is 0.211. The average molecular weight is 340 g/mol. The Bertz CT molecular complexity index is 829. The van der Waals surface area contributed by atoms with Crippen LogP contribution in [0.1, 0.15) is 11.1 Å². The highest BCUT2D eigenvalue weighted by molar-refractivity contribution is 7.17. The van der Waals surface area contributed by atoms with Gasteiger partial charge in [0.1, 0.15) is 12.4 Å². The summed E-state index contributed by atoms with van der Waals surface area (Å²) in [5, 5.41) is 6.27. The molecule has 124 valence electrons. The molecule has 0 spiro atoms. The van der Waals surface area contributed by atoms with Crippen LogP contribution in [0.5, 0.6) is 5.75 Å². The van der Waals surface area contributed by atoms with E-state index in [1.165, 1.54) is 10.1 Å². The van der Waals surface area contributed by atoms with Crippen molar-refractivity contribution in [3.63, 3.8) is 0 Å². The van der Waals surface area contributed by atoms with Gasteiger partial charge in [-0.3, -0.25) is 4.79 Å². The number of hydrogen-bond acceptors (Lipinski definition) is 4. The summed E-state index contributed by atoms with van der Waals surface area (Å²) in [7, 11) is 0. The van der Waals surface area contributed by atoms with Crippen LogP contribution in [0.2, 0.25) is 0 Å². The molecule has 0 unspecified atom stereocenters. The highest BCUT2D eigenvalue weighted by atomic mass is 32.1. The van der Waals surface area contributed by atoms with Crippen LogP contribution in [0.15, 0.2) is 53.9 Å². The molecule has 1 amide bonds. The number of benzene rings is 2. The summed E-state index contributed by atoms with van der Waals surface area (Å²) >= 11 is 1.72. The normalized spacial score (nSPS) is 10.7. The first-order valence-corrected chi connectivity index (χ1v) is 8.77. The number of thiophene rings is 1. The Hall–Kier alpha value is -2.37. The van der Waals surface area contributed by atoms with Crippen LogP contribution in [0, 0.1) is 0 Å². The quantitative estimate of drug-likeness (QED) is 0.695. The Labute approximate surface area is 145 Å². The second kappa shape index (κ2) is 7.95. The zero-order valence-electron chi connectivity index (χ0n) is 13.3. The average Bonchev–Trinajstić information content (AvgIpc) is 3.06. The van der Waals surface area contributed by atoms with Crippen molar-refractivity contribution in [1.82, 2.24) is 5.32 Å². The lowest BCUT2D eigenvalue weighted by molar-refractivity contribution is -0.120. The standard InChI is InChI=1S/C19H20N2O2S/c20-7-8-23-17-3-1-2-14(11-17)12-19(22)21-13-15-4-5-18-16(10-15)6-9-24-18/h1-6,9-11H,7-8,12-13,20H2,(H,21,22). The smallest absolute Gasteiger partial charge is 0.224 e. The molecule has 0 aliphatic carbocycles. The minimum atomic E-state index is -0.00334. The molecule has 3 N–H and O–H groups in total. The molecule has 0 radical (unpaired) electrons. The molecular formula is C19H20N2O2S. The number of fused-ring (bicyclic) bond motifs is 1. The van der Waals surface area contributed by atoms with Crippen LogP contribution < -0.4 is 15.8 Å². The third-order valence-electron chi connectivity index (χ3n) is 3.66. The van der Waals surface area contributed by atoms with Crippen LogP contribution in [-0.4, -0.2) is 19.1 Å². The Balaban J connectivity index is 1.55. The Morgan fingerprint density at radius 1 is 1.12 bits per heavy atom. The molecule has 5 heteroatoms. The van der Waals surface area contributed by atoms with Gasteiger partial charge in [0.25, 0.3) is 0 Å². The second-order valence-electron chi connectivity index (χ2n) is 5.53. The third kappa shape index (κ3) is 4.34. The molecule has 0 saturated carbocycles. The number of carbonyl (C=O) groups excluding carboxylic acids is 1. The highest BCUT2D eigenvalue weighted by Gasteiger charge is 2.05. The van der Waals surface area contributed by atoms with E-state index in [0.29, 0.717) is 26.1 Å². The molecular weight excluding hydrogens is 320 g/mol. The summed E-state index contributed by atoms with van der Waals surface area (Å²) in [5.74, 6) is 0.741. The van der Waals surface area contributed by atoms with Crippen LogP contribution in [-0.2, 0) is 17.8 Å². The first kappa shape index (κ1) is 16.5. The van der Waals surface area contributed by atoms with E-state index < -0.39 is 0 Å². The van der Waals surface area contributed by atoms with Crippen molar-refractivity contribution in [2.45, 2.75) is 13.0 Å². The fourth-order valence-corrected chi connectivity index (χ4v) is 3.27. The van der Waals surface area contributed by atoms with E-state index in [2.05, 4.69) is 35.0 Å². The maximum absolute atomic E-state index is 12.2. The van der Waals surface area contributed by atoms with Crippen molar-refractivity contribution in [1.29, 1.82) is 0 Å². The molecule has 3 aromatic rings. The summed E-state index contributed by atoms with van der Waals surface area (Å²) < 4.78 is 6.75. The SMILES string of the molecule is NCCOc1cccc(CC(=O)NCc2ccc3sccc3c2)c1. The van der Waals surface area contributed by atoms with E-state index in [4.69, 9.17) is 10.5 Å². The molecule has 3 rings (SSSR count). The predicted octanol–water partition coefficient (Wildman–Crippen LogP) is 3.10. The number of ether oxygens (including phenoxy) is 1. The van der Waals surface area contributed by atoms with Gasteiger partial charge in [0.2, 0.25) is 5.91 Å². The van der Waals surface area contributed by atoms with E-state index in [0.717, 1.165) is 16.9 Å². The molecule has 0 fully saturated rings. The van der Waals surface area contributed by atoms with Crippen LogP contribution in [0.4, 0.5) is 0 Å². The molecule has 24 heavy (non-hydrogen) atoms. The maximum atomic E-state index is 12.2. The lowest BCUT2D eigenvalue weighted by Gasteiger charge is -2.08. The summed E-state index contributed by atoms with van der Waals surface area (Å²) in [6.07, 6.45) is 0.334. The lowest BCUT2D eigenvalue weighted by atomic mass is 10.1. The third-order valence-corrected chi connectivity index (χ3v) is 4.55. The summed E-state index contributed by atoms with van der Waals surface area (Å²) in [6.45, 7) is 1.48. The van der Waals surface area contributed by atoms with Gasteiger partial charge in [0.05, 0.1) is 6.42 Å². The summed E-state index contributed by atoms with van der Waals surface area (Å²) in [6, 6.07) is 15.9. The molecule has 4 nitrogen and oxygen atoms in total. The van der Waals surface area contributed by atoms with Gasteiger partial charge in [-0.1, -0.05) is 18.2 Å². The topological polar surface area (TPSA) is 64.3 Å². The number of nitrogens with one attached hydrogen (secondary N) is 1. The maximum Gasteiger partial charge on any atom is 0.224 e. The highest BCUT2D eigenvalue weighted by Crippen LogP contribution is 2.21. The molecule has 0 aliphatic heterocycles. The summed E-state index contributed by atoms with van der Waals surface area (Å²) in [5.41, 5.74) is 7.46. The Morgan fingerprint density at radius 3 is 2.92 bits per heavy atom. The largest absolute Gasteiger partial charge is 0.492 e. The molecule has 0 atom stereocenters. The minimum absolute atomic E-state index is 0.00334. The number of nitrogens with two attached hydrogens (primary N) is 1. The van der Waals surface area contributed by atoms with E-state index in [1.54, 1.807) is 11.3 Å². The lowest BCUT2D eigenvalue weighted by Crippen LogP contribution is -2.24. The van der Waals surface area contributed by atoms with Crippen molar-refractivity contribution < 1.29 is 9.53 Å². The molecule has 1 heterocycles. The van der Waals surface area contributed by atoms with Crippen molar-refractivity contribution in [2.24, 2.45) is 5.73 Å². The van der Waals surface area contributed by atoms with Gasteiger partial charge in [-0.05, 0) is 52.2 Å². The number of rotatable bonds is 7. The zero-order valence-corrected chi connectivity index (χ0v) is 14.1. The van der Waals surface area contributed by atoms with Crippen molar-refractivity contribution in [3.05, 3.63) is 65.0 Å². The van der Waals surface area contributed by atoms with E-state index in [9.17, 15) is 4.79 Å². The monoisotopic (exact) mass is 340 g/mol. The van der Waals surface area contributed by atoms with Gasteiger partial charge in [-0.15, -0.1) is 11.3 Å². The van der Waals surface area contributed by atoms with Gasteiger partial charge in [0.15, 0.2) is 0 Å². The van der Waals surface area contributed by atoms with Gasteiger partial charge in [-0.25, -0.2) is 0 Å². The second-order valence-corrected chi connectivity index (χ2v) is 6.48. The van der Waals surface area contributed by atoms with Crippen LogP contribution in [0.25, 0.3) is 10.1 Å². The number of hydrogen-bond donors (Lipinski definition) is 2. The first-order valence-electron chi connectivity index (χ1n) is 7.89. The van der Waals surface area contributed by atoms with Crippen molar-refractivity contribution in [2.75, 3.05) is 13.2 Å². The molecule has 0 saturated heterocycles. The summed E-state index contributed by atoms with van der Waals surface area (Å²) in [4.78, 5) is 12.2. The molecule has 1 aromatic heterocycles. The van der Waals surface area contributed by atoms with Crippen molar-refractivity contribution in [3.8, 4) is 5.75 Å². The molecule has 0 bridgehead atoms. The van der Waals surface area contributed by atoms with E-state index >= 15 is 0 Å². The Kier molecular flexibility index (Phi) is 5.46. The van der Waals surface area contributed by atoms with E-state index in [-0.39, 0.29) is 5.91 Å². The van der Waals surface area contributed by atoms with E-state index in [1.807, 2.05) is 24.3 Å².